The number of benzene rings is 2. The van der Waals surface area contributed by atoms with Crippen molar-refractivity contribution in [1.29, 1.82) is 0 Å². The van der Waals surface area contributed by atoms with Crippen molar-refractivity contribution in [3.8, 4) is 5.75 Å². The maximum absolute atomic E-state index is 12.2. The van der Waals surface area contributed by atoms with Gasteiger partial charge in [-0.1, -0.05) is 41.9 Å². The van der Waals surface area contributed by atoms with Gasteiger partial charge < -0.3 is 9.47 Å². The molecule has 2 aromatic carbocycles. The molecular formula is C16H15ClO3. The lowest BCUT2D eigenvalue weighted by atomic mass is 9.90. The van der Waals surface area contributed by atoms with E-state index in [-0.39, 0.29) is 5.97 Å². The highest BCUT2D eigenvalue weighted by Gasteiger charge is 2.26. The molecule has 0 spiro atoms. The molecule has 1 atom stereocenters. The van der Waals surface area contributed by atoms with Crippen LogP contribution < -0.4 is 4.74 Å². The number of carbonyl (C=O) groups excluding carboxylic acids is 1. The molecule has 0 bridgehead atoms. The van der Waals surface area contributed by atoms with E-state index < -0.39 is 5.92 Å². The first-order valence-electron chi connectivity index (χ1n) is 6.13. The summed E-state index contributed by atoms with van der Waals surface area (Å²) in [5, 5.41) is 0.575. The van der Waals surface area contributed by atoms with E-state index in [1.807, 2.05) is 36.4 Å². The van der Waals surface area contributed by atoms with Gasteiger partial charge in [0.05, 0.1) is 14.2 Å². The smallest absolute Gasteiger partial charge is 0.317 e. The van der Waals surface area contributed by atoms with Gasteiger partial charge in [-0.05, 0) is 23.8 Å². The second kappa shape index (κ2) is 6.44. The van der Waals surface area contributed by atoms with E-state index >= 15 is 0 Å². The van der Waals surface area contributed by atoms with Gasteiger partial charge in [0.1, 0.15) is 11.7 Å². The monoisotopic (exact) mass is 290 g/mol. The fourth-order valence-electron chi connectivity index (χ4n) is 2.15. The maximum atomic E-state index is 12.2. The Morgan fingerprint density at radius 3 is 2.50 bits per heavy atom. The van der Waals surface area contributed by atoms with Crippen LogP contribution in [0.5, 0.6) is 5.75 Å². The van der Waals surface area contributed by atoms with Crippen molar-refractivity contribution >= 4 is 17.6 Å². The number of hydrogen-bond acceptors (Lipinski definition) is 3. The largest absolute Gasteiger partial charge is 0.496 e. The number of halogens is 1. The first-order valence-corrected chi connectivity index (χ1v) is 6.51. The molecule has 0 aliphatic carbocycles. The van der Waals surface area contributed by atoms with Crippen LogP contribution in [0.15, 0.2) is 48.5 Å². The maximum Gasteiger partial charge on any atom is 0.317 e. The molecule has 2 aromatic rings. The number of hydrogen-bond donors (Lipinski definition) is 0. The Kier molecular flexibility index (Phi) is 4.64. The highest BCUT2D eigenvalue weighted by molar-refractivity contribution is 6.30. The number of para-hydroxylation sites is 1. The van der Waals surface area contributed by atoms with Crippen molar-refractivity contribution < 1.29 is 14.3 Å². The Morgan fingerprint density at radius 2 is 1.85 bits per heavy atom. The van der Waals surface area contributed by atoms with Crippen LogP contribution >= 0.6 is 11.6 Å². The van der Waals surface area contributed by atoms with Gasteiger partial charge in [0.25, 0.3) is 0 Å². The van der Waals surface area contributed by atoms with Gasteiger partial charge >= 0.3 is 5.97 Å². The molecule has 0 N–H and O–H groups in total. The molecule has 4 heteroatoms. The summed E-state index contributed by atoms with van der Waals surface area (Å²) in [6.45, 7) is 0. The molecule has 104 valence electrons. The lowest BCUT2D eigenvalue weighted by molar-refractivity contribution is -0.141. The summed E-state index contributed by atoms with van der Waals surface area (Å²) >= 11 is 6.01. The Balaban J connectivity index is 2.56. The van der Waals surface area contributed by atoms with Crippen LogP contribution in [0.1, 0.15) is 17.0 Å². The molecule has 0 aliphatic rings. The summed E-state index contributed by atoms with van der Waals surface area (Å²) in [7, 11) is 2.94. The van der Waals surface area contributed by atoms with Crippen molar-refractivity contribution in [3.63, 3.8) is 0 Å². The molecule has 0 heterocycles. The summed E-state index contributed by atoms with van der Waals surface area (Å²) in [5.74, 6) is -0.269. The average Bonchev–Trinajstić information content (AvgIpc) is 2.48. The topological polar surface area (TPSA) is 35.5 Å². The van der Waals surface area contributed by atoms with Gasteiger partial charge in [-0.3, -0.25) is 4.79 Å². The van der Waals surface area contributed by atoms with E-state index in [2.05, 4.69) is 0 Å². The van der Waals surface area contributed by atoms with Crippen LogP contribution in [0.4, 0.5) is 0 Å². The van der Waals surface area contributed by atoms with E-state index in [1.54, 1.807) is 19.2 Å². The minimum Gasteiger partial charge on any atom is -0.496 e. The Morgan fingerprint density at radius 1 is 1.10 bits per heavy atom. The highest BCUT2D eigenvalue weighted by atomic mass is 35.5. The minimum absolute atomic E-state index is 0.350. The van der Waals surface area contributed by atoms with Crippen LogP contribution in [-0.4, -0.2) is 20.2 Å². The fourth-order valence-corrected chi connectivity index (χ4v) is 2.35. The van der Waals surface area contributed by atoms with Crippen LogP contribution in [0, 0.1) is 0 Å². The zero-order valence-corrected chi connectivity index (χ0v) is 12.1. The first-order chi connectivity index (χ1) is 9.67. The minimum atomic E-state index is -0.560. The van der Waals surface area contributed by atoms with Crippen LogP contribution in [0.2, 0.25) is 5.02 Å². The fraction of sp³-hybridized carbons (Fsp3) is 0.188. The second-order valence-electron chi connectivity index (χ2n) is 4.25. The van der Waals surface area contributed by atoms with Crippen molar-refractivity contribution in [1.82, 2.24) is 0 Å². The van der Waals surface area contributed by atoms with Crippen molar-refractivity contribution in [2.75, 3.05) is 14.2 Å². The molecule has 2 rings (SSSR count). The summed E-state index contributed by atoms with van der Waals surface area (Å²) in [5.41, 5.74) is 1.53. The lowest BCUT2D eigenvalue weighted by Gasteiger charge is -2.18. The molecule has 0 aromatic heterocycles. The Hall–Kier alpha value is -2.00. The third-order valence-electron chi connectivity index (χ3n) is 3.07. The van der Waals surface area contributed by atoms with Crippen molar-refractivity contribution in [2.24, 2.45) is 0 Å². The van der Waals surface area contributed by atoms with E-state index in [4.69, 9.17) is 21.1 Å². The molecule has 3 nitrogen and oxygen atoms in total. The Bertz CT molecular complexity index is 610. The highest BCUT2D eigenvalue weighted by Crippen LogP contribution is 2.33. The summed E-state index contributed by atoms with van der Waals surface area (Å²) < 4.78 is 10.3. The first kappa shape index (κ1) is 14.4. The molecule has 0 saturated heterocycles. The third-order valence-corrected chi connectivity index (χ3v) is 3.30. The van der Waals surface area contributed by atoms with E-state index in [0.717, 1.165) is 11.1 Å². The van der Waals surface area contributed by atoms with Crippen LogP contribution in [0.25, 0.3) is 0 Å². The van der Waals surface area contributed by atoms with E-state index in [9.17, 15) is 4.79 Å². The summed E-state index contributed by atoms with van der Waals surface area (Å²) in [6.07, 6.45) is 0. The molecule has 0 radical (unpaired) electrons. The van der Waals surface area contributed by atoms with Crippen LogP contribution in [0.3, 0.4) is 0 Å². The van der Waals surface area contributed by atoms with Crippen molar-refractivity contribution in [2.45, 2.75) is 5.92 Å². The lowest BCUT2D eigenvalue weighted by Crippen LogP contribution is -2.16. The molecule has 0 aliphatic heterocycles. The molecular weight excluding hydrogens is 276 g/mol. The molecule has 0 fully saturated rings. The van der Waals surface area contributed by atoms with E-state index in [0.29, 0.717) is 10.8 Å². The van der Waals surface area contributed by atoms with Crippen molar-refractivity contribution in [3.05, 3.63) is 64.7 Å². The number of rotatable bonds is 4. The third kappa shape index (κ3) is 2.94. The molecule has 0 saturated carbocycles. The number of esters is 1. The van der Waals surface area contributed by atoms with E-state index in [1.165, 1.54) is 7.11 Å². The standard InChI is InChI=1S/C16H15ClO3/c1-19-14-9-4-3-8-13(14)15(16(18)20-2)11-6-5-7-12(17)10-11/h3-10,15H,1-2H3. The van der Waals surface area contributed by atoms with Gasteiger partial charge in [-0.2, -0.15) is 0 Å². The molecule has 20 heavy (non-hydrogen) atoms. The number of methoxy groups -OCH3 is 2. The predicted molar refractivity (Wildman–Crippen MR) is 78.3 cm³/mol. The summed E-state index contributed by atoms with van der Waals surface area (Å²) in [4.78, 5) is 12.2. The Labute approximate surface area is 123 Å². The van der Waals surface area contributed by atoms with Crippen LogP contribution in [-0.2, 0) is 9.53 Å². The number of carbonyl (C=O) groups is 1. The molecule has 1 unspecified atom stereocenters. The normalized spacial score (nSPS) is 11.8. The van der Waals surface area contributed by atoms with Gasteiger partial charge in [0.2, 0.25) is 0 Å². The average molecular weight is 291 g/mol. The predicted octanol–water partition coefficient (Wildman–Crippen LogP) is 3.65. The molecule has 0 amide bonds. The zero-order chi connectivity index (χ0) is 14.5. The van der Waals surface area contributed by atoms with Gasteiger partial charge in [-0.25, -0.2) is 0 Å². The van der Waals surface area contributed by atoms with Gasteiger partial charge in [-0.15, -0.1) is 0 Å². The van der Waals surface area contributed by atoms with Gasteiger partial charge in [0.15, 0.2) is 0 Å². The van der Waals surface area contributed by atoms with Gasteiger partial charge in [0, 0.05) is 10.6 Å². The zero-order valence-electron chi connectivity index (χ0n) is 11.3. The number of ether oxygens (including phenoxy) is 2. The second-order valence-corrected chi connectivity index (χ2v) is 4.69. The SMILES string of the molecule is COC(=O)C(c1cccc(Cl)c1)c1ccccc1OC. The summed E-state index contributed by atoms with van der Waals surface area (Å²) in [6, 6.07) is 14.6. The quantitative estimate of drug-likeness (QED) is 0.806.